The lowest BCUT2D eigenvalue weighted by Crippen LogP contribution is -2.27. The van der Waals surface area contributed by atoms with Gasteiger partial charge in [0.1, 0.15) is 0 Å². The minimum atomic E-state index is -0.460. The first-order chi connectivity index (χ1) is 8.86. The summed E-state index contributed by atoms with van der Waals surface area (Å²) in [6.07, 6.45) is 0.853. The molecule has 0 saturated heterocycles. The molecule has 1 aliphatic rings. The standard InChI is InChI=1S/C16H23NO2/c1-10(2)12(9-18)7-11-5-6-14-13(8-11)16(3,4)15(19)17-14/h5-6,8,10,12,18H,7,9H2,1-4H3,(H,17,19). The Hall–Kier alpha value is -1.35. The lowest BCUT2D eigenvalue weighted by Gasteiger charge is -2.20. The van der Waals surface area contributed by atoms with E-state index in [1.54, 1.807) is 0 Å². The fraction of sp³-hybridized carbons (Fsp3) is 0.562. The maximum absolute atomic E-state index is 11.9. The lowest BCUT2D eigenvalue weighted by atomic mass is 9.83. The molecule has 0 fully saturated rings. The number of amides is 1. The Morgan fingerprint density at radius 1 is 1.32 bits per heavy atom. The molecule has 0 radical (unpaired) electrons. The smallest absolute Gasteiger partial charge is 0.234 e. The minimum absolute atomic E-state index is 0.0576. The molecule has 2 rings (SSSR count). The number of benzene rings is 1. The largest absolute Gasteiger partial charge is 0.396 e. The maximum Gasteiger partial charge on any atom is 0.234 e. The van der Waals surface area contributed by atoms with Gasteiger partial charge in [-0.1, -0.05) is 26.0 Å². The highest BCUT2D eigenvalue weighted by molar-refractivity contribution is 6.05. The van der Waals surface area contributed by atoms with Crippen LogP contribution in [0.3, 0.4) is 0 Å². The van der Waals surface area contributed by atoms with E-state index < -0.39 is 5.41 Å². The summed E-state index contributed by atoms with van der Waals surface area (Å²) >= 11 is 0. The highest BCUT2D eigenvalue weighted by atomic mass is 16.3. The molecule has 3 nitrogen and oxygen atoms in total. The first-order valence-corrected chi connectivity index (χ1v) is 6.92. The van der Waals surface area contributed by atoms with Crippen LogP contribution in [0.25, 0.3) is 0 Å². The van der Waals surface area contributed by atoms with Gasteiger partial charge in [-0.15, -0.1) is 0 Å². The Labute approximate surface area is 115 Å². The third-order valence-electron chi connectivity index (χ3n) is 4.25. The molecule has 1 amide bonds. The van der Waals surface area contributed by atoms with E-state index >= 15 is 0 Å². The van der Waals surface area contributed by atoms with Gasteiger partial charge < -0.3 is 10.4 Å². The quantitative estimate of drug-likeness (QED) is 0.875. The zero-order valence-corrected chi connectivity index (χ0v) is 12.2. The second kappa shape index (κ2) is 4.97. The van der Waals surface area contributed by atoms with Gasteiger partial charge in [0.05, 0.1) is 5.41 Å². The van der Waals surface area contributed by atoms with Crippen molar-refractivity contribution < 1.29 is 9.90 Å². The van der Waals surface area contributed by atoms with E-state index in [1.807, 2.05) is 26.0 Å². The summed E-state index contributed by atoms with van der Waals surface area (Å²) in [5.74, 6) is 0.777. The summed E-state index contributed by atoms with van der Waals surface area (Å²) in [5.41, 5.74) is 2.72. The summed E-state index contributed by atoms with van der Waals surface area (Å²) in [6, 6.07) is 6.13. The van der Waals surface area contributed by atoms with Crippen molar-refractivity contribution in [3.8, 4) is 0 Å². The van der Waals surface area contributed by atoms with Crippen LogP contribution in [0.1, 0.15) is 38.8 Å². The Kier molecular flexibility index (Phi) is 3.68. The average molecular weight is 261 g/mol. The zero-order valence-electron chi connectivity index (χ0n) is 12.2. The van der Waals surface area contributed by atoms with Crippen LogP contribution >= 0.6 is 0 Å². The maximum atomic E-state index is 11.9. The molecule has 0 spiro atoms. The van der Waals surface area contributed by atoms with Crippen LogP contribution in [0.15, 0.2) is 18.2 Å². The Balaban J connectivity index is 2.28. The Morgan fingerprint density at radius 2 is 2.00 bits per heavy atom. The Morgan fingerprint density at radius 3 is 2.58 bits per heavy atom. The van der Waals surface area contributed by atoms with Crippen LogP contribution in [0, 0.1) is 11.8 Å². The molecule has 2 N–H and O–H groups in total. The van der Waals surface area contributed by atoms with Gasteiger partial charge in [0.15, 0.2) is 0 Å². The molecule has 1 aliphatic heterocycles. The third-order valence-corrected chi connectivity index (χ3v) is 4.25. The second-order valence-electron chi connectivity index (χ2n) is 6.35. The van der Waals surface area contributed by atoms with E-state index in [0.29, 0.717) is 5.92 Å². The predicted octanol–water partition coefficient (Wildman–Crippen LogP) is 2.72. The van der Waals surface area contributed by atoms with E-state index in [0.717, 1.165) is 17.7 Å². The van der Waals surface area contributed by atoms with Crippen LogP contribution in [0.5, 0.6) is 0 Å². The fourth-order valence-electron chi connectivity index (χ4n) is 2.56. The second-order valence-corrected chi connectivity index (χ2v) is 6.35. The number of aliphatic hydroxyl groups is 1. The van der Waals surface area contributed by atoms with Gasteiger partial charge in [0.25, 0.3) is 0 Å². The van der Waals surface area contributed by atoms with Crippen molar-refractivity contribution in [1.82, 2.24) is 0 Å². The lowest BCUT2D eigenvalue weighted by molar-refractivity contribution is -0.119. The molecule has 1 unspecified atom stereocenters. The van der Waals surface area contributed by atoms with Crippen LogP contribution < -0.4 is 5.32 Å². The van der Waals surface area contributed by atoms with Gasteiger partial charge in [-0.3, -0.25) is 4.79 Å². The highest BCUT2D eigenvalue weighted by Crippen LogP contribution is 2.38. The van der Waals surface area contributed by atoms with Crippen molar-refractivity contribution in [2.75, 3.05) is 11.9 Å². The van der Waals surface area contributed by atoms with E-state index in [9.17, 15) is 9.90 Å². The van der Waals surface area contributed by atoms with Crippen molar-refractivity contribution >= 4 is 11.6 Å². The summed E-state index contributed by atoms with van der Waals surface area (Å²) in [7, 11) is 0. The molecular weight excluding hydrogens is 238 g/mol. The molecule has 3 heteroatoms. The van der Waals surface area contributed by atoms with Crippen LogP contribution in [0.2, 0.25) is 0 Å². The molecule has 1 heterocycles. The molecule has 0 aliphatic carbocycles. The first kappa shape index (κ1) is 14.1. The highest BCUT2D eigenvalue weighted by Gasteiger charge is 2.38. The monoisotopic (exact) mass is 261 g/mol. The van der Waals surface area contributed by atoms with Crippen molar-refractivity contribution in [3.63, 3.8) is 0 Å². The molecule has 1 atom stereocenters. The number of hydrogen-bond donors (Lipinski definition) is 2. The normalized spacial score (nSPS) is 18.3. The van der Waals surface area contributed by atoms with E-state index in [2.05, 4.69) is 25.2 Å². The number of carbonyl (C=O) groups is 1. The average Bonchev–Trinajstić information content (AvgIpc) is 2.57. The van der Waals surface area contributed by atoms with E-state index in [1.165, 1.54) is 5.56 Å². The van der Waals surface area contributed by atoms with Gasteiger partial charge >= 0.3 is 0 Å². The van der Waals surface area contributed by atoms with Crippen LogP contribution in [-0.4, -0.2) is 17.6 Å². The molecule has 0 saturated carbocycles. The molecule has 1 aromatic carbocycles. The topological polar surface area (TPSA) is 49.3 Å². The minimum Gasteiger partial charge on any atom is -0.396 e. The van der Waals surface area contributed by atoms with Crippen molar-refractivity contribution in [2.45, 2.75) is 39.5 Å². The molecule has 0 aromatic heterocycles. The predicted molar refractivity (Wildman–Crippen MR) is 77.2 cm³/mol. The van der Waals surface area contributed by atoms with Gasteiger partial charge in [-0.05, 0) is 49.3 Å². The molecule has 1 aromatic rings. The number of fused-ring (bicyclic) bond motifs is 1. The van der Waals surface area contributed by atoms with Gasteiger partial charge in [-0.25, -0.2) is 0 Å². The van der Waals surface area contributed by atoms with E-state index in [4.69, 9.17) is 0 Å². The molecule has 19 heavy (non-hydrogen) atoms. The fourth-order valence-corrected chi connectivity index (χ4v) is 2.56. The van der Waals surface area contributed by atoms with Crippen molar-refractivity contribution in [1.29, 1.82) is 0 Å². The summed E-state index contributed by atoms with van der Waals surface area (Å²) in [4.78, 5) is 11.9. The number of aliphatic hydroxyl groups excluding tert-OH is 1. The number of rotatable bonds is 4. The van der Waals surface area contributed by atoms with Crippen LogP contribution in [-0.2, 0) is 16.6 Å². The summed E-state index contributed by atoms with van der Waals surface area (Å²) in [5, 5.41) is 12.3. The zero-order chi connectivity index (χ0) is 14.2. The van der Waals surface area contributed by atoms with Crippen molar-refractivity contribution in [3.05, 3.63) is 29.3 Å². The number of nitrogens with one attached hydrogen (secondary N) is 1. The third kappa shape index (κ3) is 2.52. The Bertz CT molecular complexity index is 492. The number of carbonyl (C=O) groups excluding carboxylic acids is 1. The van der Waals surface area contributed by atoms with Crippen LogP contribution in [0.4, 0.5) is 5.69 Å². The first-order valence-electron chi connectivity index (χ1n) is 6.92. The van der Waals surface area contributed by atoms with Gasteiger partial charge in [0, 0.05) is 12.3 Å². The molecule has 0 bridgehead atoms. The number of anilines is 1. The number of hydrogen-bond acceptors (Lipinski definition) is 2. The van der Waals surface area contributed by atoms with E-state index in [-0.39, 0.29) is 18.4 Å². The van der Waals surface area contributed by atoms with Gasteiger partial charge in [-0.2, -0.15) is 0 Å². The summed E-state index contributed by atoms with van der Waals surface area (Å²) < 4.78 is 0. The summed E-state index contributed by atoms with van der Waals surface area (Å²) in [6.45, 7) is 8.36. The molecule has 104 valence electrons. The van der Waals surface area contributed by atoms with Gasteiger partial charge in [0.2, 0.25) is 5.91 Å². The van der Waals surface area contributed by atoms with Crippen molar-refractivity contribution in [2.24, 2.45) is 11.8 Å². The SMILES string of the molecule is CC(C)C(CO)Cc1ccc2c(c1)C(C)(C)C(=O)N2. The molecular formula is C16H23NO2.